The highest BCUT2D eigenvalue weighted by molar-refractivity contribution is 5.85. The van der Waals surface area contributed by atoms with Crippen molar-refractivity contribution in [3.05, 3.63) is 64.5 Å². The molecule has 2 aromatic carbocycles. The highest BCUT2D eigenvalue weighted by atomic mass is 19.1. The number of aryl methyl sites for hydroxylation is 2. The van der Waals surface area contributed by atoms with Gasteiger partial charge in [0, 0.05) is 19.2 Å². The molecule has 0 spiro atoms. The minimum Gasteiger partial charge on any atom is -0.497 e. The van der Waals surface area contributed by atoms with Crippen molar-refractivity contribution >= 4 is 22.5 Å². The van der Waals surface area contributed by atoms with Gasteiger partial charge in [0.2, 0.25) is 0 Å². The molecule has 8 nitrogen and oxygen atoms in total. The van der Waals surface area contributed by atoms with Gasteiger partial charge in [-0.2, -0.15) is 0 Å². The average molecular weight is 590 g/mol. The maximum atomic E-state index is 14.4. The molecule has 9 heteroatoms. The molecule has 1 aromatic heterocycles. The number of aromatic nitrogens is 2. The first-order valence-electron chi connectivity index (χ1n) is 15.7. The summed E-state index contributed by atoms with van der Waals surface area (Å²) < 4.78 is 21.0. The van der Waals surface area contributed by atoms with E-state index in [1.165, 1.54) is 43.3 Å². The molecule has 1 saturated heterocycles. The number of aliphatic hydroxyl groups excluding tert-OH is 1. The first-order valence-corrected chi connectivity index (χ1v) is 15.7. The topological polar surface area (TPSA) is 106 Å². The van der Waals surface area contributed by atoms with Crippen LogP contribution in [0.2, 0.25) is 0 Å². The lowest BCUT2D eigenvalue weighted by atomic mass is 9.52. The van der Waals surface area contributed by atoms with E-state index in [4.69, 9.17) is 15.5 Å². The number of hydrogen-bond acceptors (Lipinski definition) is 5. The molecule has 0 radical (unpaired) electrons. The van der Waals surface area contributed by atoms with Gasteiger partial charge in [-0.1, -0.05) is 26.8 Å². The molecule has 3 N–H and O–H groups in total. The zero-order valence-corrected chi connectivity index (χ0v) is 25.7. The second kappa shape index (κ2) is 11.6. The molecule has 0 amide bonds. The van der Waals surface area contributed by atoms with Crippen LogP contribution in [0.1, 0.15) is 58.4 Å². The summed E-state index contributed by atoms with van der Waals surface area (Å²) in [6.45, 7) is 8.15. The monoisotopic (exact) mass is 589 g/mol. The van der Waals surface area contributed by atoms with E-state index in [1.807, 2.05) is 0 Å². The van der Waals surface area contributed by atoms with Crippen molar-refractivity contribution in [2.24, 2.45) is 39.8 Å². The number of aliphatic imine (C=N–C) groups is 1. The van der Waals surface area contributed by atoms with E-state index in [-0.39, 0.29) is 22.8 Å². The number of rotatable bonds is 6. The van der Waals surface area contributed by atoms with Gasteiger partial charge in [0.05, 0.1) is 42.2 Å². The number of methoxy groups -OCH3 is 1. The Morgan fingerprint density at radius 3 is 2.79 bits per heavy atom. The van der Waals surface area contributed by atoms with E-state index in [1.54, 1.807) is 30.3 Å². The van der Waals surface area contributed by atoms with Crippen molar-refractivity contribution in [1.82, 2.24) is 14.5 Å². The van der Waals surface area contributed by atoms with Crippen LogP contribution in [0.25, 0.3) is 10.9 Å². The number of guanidine groups is 1. The first-order chi connectivity index (χ1) is 20.6. The Morgan fingerprint density at radius 2 is 2.02 bits per heavy atom. The van der Waals surface area contributed by atoms with Gasteiger partial charge in [-0.3, -0.25) is 9.36 Å². The lowest BCUT2D eigenvalue weighted by molar-refractivity contribution is -0.0569. The molecule has 2 heterocycles. The smallest absolute Gasteiger partial charge is 0.261 e. The van der Waals surface area contributed by atoms with Crippen molar-refractivity contribution in [3.8, 4) is 5.75 Å². The molecule has 43 heavy (non-hydrogen) atoms. The number of halogens is 1. The maximum Gasteiger partial charge on any atom is 0.261 e. The normalized spacial score (nSPS) is 28.8. The van der Waals surface area contributed by atoms with Crippen molar-refractivity contribution in [2.45, 2.75) is 78.0 Å². The lowest BCUT2D eigenvalue weighted by Gasteiger charge is -2.55. The Morgan fingerprint density at radius 1 is 1.21 bits per heavy atom. The second-order valence-corrected chi connectivity index (χ2v) is 13.7. The summed E-state index contributed by atoms with van der Waals surface area (Å²) in [5.74, 6) is 2.86. The fraction of sp³-hybridized carbons (Fsp3) is 0.559. The summed E-state index contributed by atoms with van der Waals surface area (Å²) in [6.07, 6.45) is 6.99. The number of benzene rings is 2. The van der Waals surface area contributed by atoms with E-state index < -0.39 is 6.10 Å². The highest BCUT2D eigenvalue weighted by Crippen LogP contribution is 2.56. The molecular formula is C34H44FN5O3. The van der Waals surface area contributed by atoms with Gasteiger partial charge in [-0.05, 0) is 97.4 Å². The molecule has 2 saturated carbocycles. The second-order valence-electron chi connectivity index (χ2n) is 13.7. The van der Waals surface area contributed by atoms with Crippen LogP contribution in [-0.4, -0.2) is 51.3 Å². The summed E-state index contributed by atoms with van der Waals surface area (Å²) in [7, 11) is 1.50. The minimum absolute atomic E-state index is 0.0455. The van der Waals surface area contributed by atoms with Crippen molar-refractivity contribution in [3.63, 3.8) is 0 Å². The van der Waals surface area contributed by atoms with Crippen molar-refractivity contribution in [1.29, 1.82) is 0 Å². The Bertz CT molecular complexity index is 1590. The standard InChI is InChI=1S/C34H44FN5O3/c1-20-15-26(27-16-22(20)9-12-34(27,2)3)31-30(41)11-14-40(31)33(36)38-23-6-8-25-29(17-23)37-19-39(32(25)42)13-10-21-5-7-24(43-4)18-28(21)35/h5-8,17-20,22,26-27,30-31,41H,9-16H2,1-4H3,(H2,36,38)/t20?,22?,26?,27-,30?,31?/m0/s1. The van der Waals surface area contributed by atoms with Gasteiger partial charge >= 0.3 is 0 Å². The van der Waals surface area contributed by atoms with Crippen LogP contribution in [0.4, 0.5) is 10.1 Å². The molecule has 230 valence electrons. The van der Waals surface area contributed by atoms with Crippen molar-refractivity contribution < 1.29 is 14.2 Å². The average Bonchev–Trinajstić information content (AvgIpc) is 3.37. The third-order valence-electron chi connectivity index (χ3n) is 10.8. The van der Waals surface area contributed by atoms with E-state index in [2.05, 4.69) is 30.7 Å². The molecule has 2 aliphatic carbocycles. The third kappa shape index (κ3) is 5.64. The lowest BCUT2D eigenvalue weighted by Crippen LogP contribution is -2.55. The summed E-state index contributed by atoms with van der Waals surface area (Å²) in [6, 6.07) is 9.97. The molecule has 1 aliphatic heterocycles. The van der Waals surface area contributed by atoms with E-state index >= 15 is 0 Å². The summed E-state index contributed by atoms with van der Waals surface area (Å²) in [4.78, 5) is 24.6. The van der Waals surface area contributed by atoms with Crippen LogP contribution in [0.3, 0.4) is 0 Å². The van der Waals surface area contributed by atoms with Gasteiger partial charge in [0.25, 0.3) is 5.56 Å². The number of fused-ring (bicyclic) bond motifs is 3. The third-order valence-corrected chi connectivity index (χ3v) is 10.8. The number of aliphatic hydroxyl groups is 1. The Kier molecular flexibility index (Phi) is 7.96. The molecule has 5 unspecified atom stereocenters. The molecule has 3 fully saturated rings. The van der Waals surface area contributed by atoms with Gasteiger partial charge in [-0.15, -0.1) is 0 Å². The van der Waals surface area contributed by atoms with Crippen LogP contribution >= 0.6 is 0 Å². The van der Waals surface area contributed by atoms with Gasteiger partial charge in [0.15, 0.2) is 5.96 Å². The van der Waals surface area contributed by atoms with E-state index in [0.29, 0.717) is 77.5 Å². The van der Waals surface area contributed by atoms with Gasteiger partial charge < -0.3 is 20.5 Å². The number of nitrogens with two attached hydrogens (primary N) is 1. The van der Waals surface area contributed by atoms with Crippen LogP contribution in [0.5, 0.6) is 5.75 Å². The number of ether oxygens (including phenoxy) is 1. The number of likely N-dealkylation sites (tertiary alicyclic amines) is 1. The SMILES string of the molecule is COc1ccc(CCn2cnc3cc(N=C(N)N4CCC(O)C4C4CC(C)C5CCC(C)(C)[C@H]4C5)ccc3c2=O)c(F)c1. The van der Waals surface area contributed by atoms with Crippen LogP contribution in [0.15, 0.2) is 52.5 Å². The van der Waals surface area contributed by atoms with Crippen LogP contribution < -0.4 is 16.0 Å². The predicted octanol–water partition coefficient (Wildman–Crippen LogP) is 5.27. The first kappa shape index (κ1) is 29.6. The molecular weight excluding hydrogens is 545 g/mol. The van der Waals surface area contributed by atoms with Crippen LogP contribution in [-0.2, 0) is 13.0 Å². The zero-order valence-electron chi connectivity index (χ0n) is 25.7. The van der Waals surface area contributed by atoms with E-state index in [0.717, 1.165) is 12.3 Å². The minimum atomic E-state index is -0.427. The fourth-order valence-electron chi connectivity index (χ4n) is 8.19. The summed E-state index contributed by atoms with van der Waals surface area (Å²) in [5, 5.41) is 11.7. The van der Waals surface area contributed by atoms with E-state index in [9.17, 15) is 14.3 Å². The molecule has 2 bridgehead atoms. The maximum absolute atomic E-state index is 14.4. The largest absolute Gasteiger partial charge is 0.497 e. The Labute approximate surface area is 252 Å². The molecule has 3 aliphatic rings. The Hall–Kier alpha value is -3.46. The number of hydrogen-bond donors (Lipinski definition) is 2. The Balaban J connectivity index is 1.21. The number of nitrogens with zero attached hydrogens (tertiary/aromatic N) is 4. The van der Waals surface area contributed by atoms with Gasteiger partial charge in [0.1, 0.15) is 11.6 Å². The predicted molar refractivity (Wildman–Crippen MR) is 167 cm³/mol. The molecule has 3 aromatic rings. The summed E-state index contributed by atoms with van der Waals surface area (Å²) >= 11 is 0. The zero-order chi connectivity index (χ0) is 30.5. The quantitative estimate of drug-likeness (QED) is 0.300. The summed E-state index contributed by atoms with van der Waals surface area (Å²) in [5.41, 5.74) is 8.38. The molecule has 6 rings (SSSR count). The molecule has 6 atom stereocenters. The fourth-order valence-corrected chi connectivity index (χ4v) is 8.19. The van der Waals surface area contributed by atoms with Gasteiger partial charge in [-0.25, -0.2) is 14.4 Å². The van der Waals surface area contributed by atoms with Crippen molar-refractivity contribution in [2.75, 3.05) is 13.7 Å². The highest BCUT2D eigenvalue weighted by Gasteiger charge is 2.52. The van der Waals surface area contributed by atoms with Crippen LogP contribution in [0, 0.1) is 34.9 Å².